The number of carbonyl (C=O) groups is 2. The van der Waals surface area contributed by atoms with Gasteiger partial charge in [0.15, 0.2) is 6.10 Å². The molecule has 0 heterocycles. The number of rotatable bonds is 27. The average Bonchev–Trinajstić information content (AvgIpc) is 2.85. The highest BCUT2D eigenvalue weighted by atomic mass is 31.2. The summed E-state index contributed by atoms with van der Waals surface area (Å²) < 4.78 is 33.8. The molecule has 1 N–H and O–H groups in total. The van der Waals surface area contributed by atoms with E-state index in [0.29, 0.717) is 23.9 Å². The molecule has 0 saturated carbocycles. The molecule has 0 saturated heterocycles. The van der Waals surface area contributed by atoms with Crippen LogP contribution in [0.4, 0.5) is 0 Å². The molecule has 0 rings (SSSR count). The monoisotopic (exact) mass is 580 g/mol. The van der Waals surface area contributed by atoms with Crippen LogP contribution in [0.15, 0.2) is 0 Å². The van der Waals surface area contributed by atoms with Crippen molar-refractivity contribution in [3.05, 3.63) is 0 Å². The number of hydrogen-bond acceptors (Lipinski definition) is 7. The van der Waals surface area contributed by atoms with Crippen molar-refractivity contribution in [2.24, 2.45) is 0 Å². The summed E-state index contributed by atoms with van der Waals surface area (Å²) in [5, 5.41) is 0. The number of unbranched alkanes of at least 4 members (excludes halogenated alkanes) is 13. The van der Waals surface area contributed by atoms with Gasteiger partial charge in [-0.3, -0.25) is 18.6 Å². The van der Waals surface area contributed by atoms with Crippen LogP contribution in [0.1, 0.15) is 123 Å². The Morgan fingerprint density at radius 2 is 1.15 bits per heavy atom. The molecule has 2 atom stereocenters. The third-order valence-corrected chi connectivity index (χ3v) is 7.37. The molecule has 0 fully saturated rings. The van der Waals surface area contributed by atoms with Crippen molar-refractivity contribution >= 4 is 19.8 Å². The third-order valence-electron chi connectivity index (χ3n) is 6.39. The van der Waals surface area contributed by atoms with Crippen LogP contribution in [0.25, 0.3) is 0 Å². The van der Waals surface area contributed by atoms with E-state index in [2.05, 4.69) is 13.8 Å². The largest absolute Gasteiger partial charge is 0.472 e. The molecule has 9 nitrogen and oxygen atoms in total. The van der Waals surface area contributed by atoms with E-state index in [0.717, 1.165) is 38.5 Å². The lowest BCUT2D eigenvalue weighted by Gasteiger charge is -2.24. The van der Waals surface area contributed by atoms with Gasteiger partial charge in [-0.05, 0) is 12.8 Å². The van der Waals surface area contributed by atoms with Gasteiger partial charge in [0, 0.05) is 12.8 Å². The maximum absolute atomic E-state index is 12.4. The summed E-state index contributed by atoms with van der Waals surface area (Å²) >= 11 is 0. The number of ether oxygens (including phenoxy) is 2. The van der Waals surface area contributed by atoms with E-state index < -0.39 is 26.5 Å². The molecule has 1 unspecified atom stereocenters. The summed E-state index contributed by atoms with van der Waals surface area (Å²) in [4.78, 5) is 34.6. The molecule has 39 heavy (non-hydrogen) atoms. The van der Waals surface area contributed by atoms with Crippen LogP contribution in [0.2, 0.25) is 0 Å². The highest BCUT2D eigenvalue weighted by Crippen LogP contribution is 2.43. The van der Waals surface area contributed by atoms with Gasteiger partial charge in [0.1, 0.15) is 19.8 Å². The zero-order valence-corrected chi connectivity index (χ0v) is 26.5. The zero-order chi connectivity index (χ0) is 29.4. The predicted octanol–water partition coefficient (Wildman–Crippen LogP) is 6.95. The molecule has 10 heteroatoms. The van der Waals surface area contributed by atoms with Crippen LogP contribution >= 0.6 is 7.82 Å². The van der Waals surface area contributed by atoms with Gasteiger partial charge in [0.25, 0.3) is 0 Å². The van der Waals surface area contributed by atoms with Gasteiger partial charge in [-0.1, -0.05) is 97.3 Å². The summed E-state index contributed by atoms with van der Waals surface area (Å²) in [6.07, 6.45) is 16.1. The minimum Gasteiger partial charge on any atom is -0.462 e. The van der Waals surface area contributed by atoms with Crippen molar-refractivity contribution in [2.75, 3.05) is 47.5 Å². The van der Waals surface area contributed by atoms with Gasteiger partial charge < -0.3 is 18.9 Å². The van der Waals surface area contributed by atoms with Crippen LogP contribution < -0.4 is 0 Å². The molecule has 0 aliphatic rings. The van der Waals surface area contributed by atoms with Gasteiger partial charge in [-0.15, -0.1) is 0 Å². The standard InChI is InChI=1S/C29H58NO8P/c1-6-8-10-12-14-16-17-19-21-28(31)35-25-27(26-37-39(33,34)36-24-23-30(3,4)5)38-29(32)22-20-18-15-13-11-9-7-2/h27H,6-26H2,1-5H3/p+1/t27-/m1/s1. The SMILES string of the molecule is CCCCCCCCCCC(=O)OC[C@H](COP(=O)(O)OCC[N+](C)(C)C)OC(=O)CCCCCCCCC. The van der Waals surface area contributed by atoms with Gasteiger partial charge in [-0.25, -0.2) is 4.57 Å². The van der Waals surface area contributed by atoms with Crippen molar-refractivity contribution in [3.8, 4) is 0 Å². The van der Waals surface area contributed by atoms with Crippen LogP contribution in [0.3, 0.4) is 0 Å². The summed E-state index contributed by atoms with van der Waals surface area (Å²) in [6, 6.07) is 0. The number of nitrogens with zero attached hydrogens (tertiary/aromatic N) is 1. The lowest BCUT2D eigenvalue weighted by atomic mass is 10.1. The molecule has 0 radical (unpaired) electrons. The van der Waals surface area contributed by atoms with Crippen LogP contribution in [0.5, 0.6) is 0 Å². The molecule has 0 aliphatic carbocycles. The molecule has 232 valence electrons. The fourth-order valence-corrected chi connectivity index (χ4v) is 4.63. The molecule has 0 spiro atoms. The third kappa shape index (κ3) is 27.0. The second-order valence-electron chi connectivity index (χ2n) is 11.5. The predicted molar refractivity (Wildman–Crippen MR) is 155 cm³/mol. The zero-order valence-electron chi connectivity index (χ0n) is 25.6. The van der Waals surface area contributed by atoms with E-state index in [9.17, 15) is 19.0 Å². The maximum atomic E-state index is 12.4. The molecule has 0 aromatic heterocycles. The lowest BCUT2D eigenvalue weighted by molar-refractivity contribution is -0.870. The minimum absolute atomic E-state index is 0.0353. The van der Waals surface area contributed by atoms with Crippen molar-refractivity contribution in [3.63, 3.8) is 0 Å². The summed E-state index contributed by atoms with van der Waals surface area (Å²) in [5.74, 6) is -0.810. The van der Waals surface area contributed by atoms with E-state index >= 15 is 0 Å². The maximum Gasteiger partial charge on any atom is 0.472 e. The van der Waals surface area contributed by atoms with E-state index in [-0.39, 0.29) is 25.6 Å². The fourth-order valence-electron chi connectivity index (χ4n) is 3.89. The van der Waals surface area contributed by atoms with E-state index in [1.807, 2.05) is 21.1 Å². The Balaban J connectivity index is 4.55. The summed E-state index contributed by atoms with van der Waals surface area (Å²) in [7, 11) is 1.48. The number of phosphoric acid groups is 1. The van der Waals surface area contributed by atoms with E-state index in [1.165, 1.54) is 51.4 Å². The van der Waals surface area contributed by atoms with Crippen molar-refractivity contribution in [2.45, 2.75) is 129 Å². The van der Waals surface area contributed by atoms with Crippen LogP contribution in [-0.4, -0.2) is 74.9 Å². The van der Waals surface area contributed by atoms with Crippen molar-refractivity contribution in [1.82, 2.24) is 0 Å². The Hall–Kier alpha value is -0.990. The van der Waals surface area contributed by atoms with Crippen LogP contribution in [0, 0.1) is 0 Å². The Bertz CT molecular complexity index is 668. The fraction of sp³-hybridized carbons (Fsp3) is 0.931. The normalized spacial score (nSPS) is 14.1. The van der Waals surface area contributed by atoms with Gasteiger partial charge in [0.05, 0.1) is 27.7 Å². The molecule has 0 aromatic rings. The van der Waals surface area contributed by atoms with Crippen molar-refractivity contribution in [1.29, 1.82) is 0 Å². The molecule has 0 amide bonds. The first kappa shape index (κ1) is 38.0. The van der Waals surface area contributed by atoms with Crippen molar-refractivity contribution < 1.29 is 42.1 Å². The van der Waals surface area contributed by atoms with E-state index in [4.69, 9.17) is 18.5 Å². The van der Waals surface area contributed by atoms with E-state index in [1.54, 1.807) is 0 Å². The molecular formula is C29H59NO8P+. The Morgan fingerprint density at radius 1 is 0.692 bits per heavy atom. The number of hydrogen-bond donors (Lipinski definition) is 1. The average molecular weight is 581 g/mol. The quantitative estimate of drug-likeness (QED) is 0.0481. The molecule has 0 bridgehead atoms. The second-order valence-corrected chi connectivity index (χ2v) is 13.0. The number of phosphoric ester groups is 1. The summed E-state index contributed by atoms with van der Waals surface area (Å²) in [5.41, 5.74) is 0. The molecule has 0 aromatic carbocycles. The first-order chi connectivity index (χ1) is 18.5. The summed E-state index contributed by atoms with van der Waals surface area (Å²) in [6.45, 7) is 4.30. The second kappa shape index (κ2) is 23.7. The topological polar surface area (TPSA) is 108 Å². The highest BCUT2D eigenvalue weighted by molar-refractivity contribution is 7.47. The van der Waals surface area contributed by atoms with Gasteiger partial charge >= 0.3 is 19.8 Å². The first-order valence-electron chi connectivity index (χ1n) is 15.3. The minimum atomic E-state index is -4.34. The van der Waals surface area contributed by atoms with Gasteiger partial charge in [-0.2, -0.15) is 0 Å². The number of carbonyl (C=O) groups excluding carboxylic acids is 2. The molecular weight excluding hydrogens is 521 g/mol. The lowest BCUT2D eigenvalue weighted by Crippen LogP contribution is -2.37. The number of esters is 2. The first-order valence-corrected chi connectivity index (χ1v) is 16.8. The smallest absolute Gasteiger partial charge is 0.462 e. The van der Waals surface area contributed by atoms with Gasteiger partial charge in [0.2, 0.25) is 0 Å². The Labute approximate surface area is 238 Å². The Kier molecular flexibility index (Phi) is 23.1. The molecule has 0 aliphatic heterocycles. The highest BCUT2D eigenvalue weighted by Gasteiger charge is 2.27. The van der Waals surface area contributed by atoms with Crippen LogP contribution in [-0.2, 0) is 32.7 Å². The Morgan fingerprint density at radius 3 is 1.64 bits per heavy atom. The number of quaternary nitrogens is 1. The number of likely N-dealkylation sites (N-methyl/N-ethyl adjacent to an activating group) is 1.